The highest BCUT2D eigenvalue weighted by Gasteiger charge is 2.23. The van der Waals surface area contributed by atoms with E-state index in [1.165, 1.54) is 6.07 Å². The molecular weight excluding hydrogens is 257 g/mol. The Kier molecular flexibility index (Phi) is 3.07. The Balaban J connectivity index is 3.32. The molecule has 0 radical (unpaired) electrons. The molecule has 1 aromatic rings. The summed E-state index contributed by atoms with van der Waals surface area (Å²) >= 11 is 2.96. The summed E-state index contributed by atoms with van der Waals surface area (Å²) in [5.74, 6) is -3.01. The van der Waals surface area contributed by atoms with Gasteiger partial charge in [-0.3, -0.25) is 4.79 Å². The third kappa shape index (κ3) is 1.85. The maximum atomic E-state index is 13.2. The monoisotopic (exact) mass is 263 g/mol. The second-order valence-corrected chi connectivity index (χ2v) is 3.46. The Hall–Kier alpha value is -1.14. The van der Waals surface area contributed by atoms with Crippen molar-refractivity contribution in [2.75, 3.05) is 0 Å². The van der Waals surface area contributed by atoms with Gasteiger partial charge in [0.2, 0.25) is 0 Å². The lowest BCUT2D eigenvalue weighted by Gasteiger charge is -2.10. The van der Waals surface area contributed by atoms with Crippen molar-refractivity contribution in [3.05, 3.63) is 28.0 Å². The van der Waals surface area contributed by atoms with Crippen molar-refractivity contribution in [1.29, 1.82) is 0 Å². The van der Waals surface area contributed by atoms with Crippen molar-refractivity contribution in [2.45, 2.75) is 6.04 Å². The van der Waals surface area contributed by atoms with Gasteiger partial charge in [0, 0.05) is 10.0 Å². The van der Waals surface area contributed by atoms with Crippen LogP contribution in [0.5, 0.6) is 5.75 Å². The number of halogens is 2. The lowest BCUT2D eigenvalue weighted by atomic mass is 10.1. The lowest BCUT2D eigenvalue weighted by Crippen LogP contribution is -2.22. The highest BCUT2D eigenvalue weighted by atomic mass is 79.9. The zero-order valence-corrected chi connectivity index (χ0v) is 8.45. The molecule has 0 aliphatic carbocycles. The molecule has 0 bridgehead atoms. The first-order valence-electron chi connectivity index (χ1n) is 3.60. The molecule has 76 valence electrons. The van der Waals surface area contributed by atoms with Crippen molar-refractivity contribution in [2.24, 2.45) is 5.73 Å². The van der Waals surface area contributed by atoms with Crippen LogP contribution in [0, 0.1) is 5.82 Å². The van der Waals surface area contributed by atoms with Gasteiger partial charge in [0.1, 0.15) is 6.04 Å². The van der Waals surface area contributed by atoms with Gasteiger partial charge >= 0.3 is 5.97 Å². The molecular formula is C8H7BrFNO3. The van der Waals surface area contributed by atoms with Crippen LogP contribution in [-0.4, -0.2) is 16.2 Å². The second-order valence-electron chi connectivity index (χ2n) is 2.61. The second kappa shape index (κ2) is 3.93. The summed E-state index contributed by atoms with van der Waals surface area (Å²) in [6, 6.07) is 0.935. The van der Waals surface area contributed by atoms with Crippen LogP contribution in [0.2, 0.25) is 0 Å². The molecule has 1 rings (SSSR count). The van der Waals surface area contributed by atoms with Crippen LogP contribution >= 0.6 is 15.9 Å². The molecule has 1 aromatic carbocycles. The summed E-state index contributed by atoms with van der Waals surface area (Å²) in [7, 11) is 0. The first-order chi connectivity index (χ1) is 6.45. The number of nitrogens with two attached hydrogens (primary N) is 1. The summed E-state index contributed by atoms with van der Waals surface area (Å²) < 4.78 is 13.5. The van der Waals surface area contributed by atoms with Gasteiger partial charge in [0.25, 0.3) is 0 Å². The first-order valence-corrected chi connectivity index (χ1v) is 4.39. The molecule has 0 saturated heterocycles. The van der Waals surface area contributed by atoms with Gasteiger partial charge in [0.15, 0.2) is 11.6 Å². The van der Waals surface area contributed by atoms with Gasteiger partial charge < -0.3 is 15.9 Å². The van der Waals surface area contributed by atoms with E-state index < -0.39 is 23.6 Å². The fourth-order valence-electron chi connectivity index (χ4n) is 0.966. The quantitative estimate of drug-likeness (QED) is 0.753. The van der Waals surface area contributed by atoms with Gasteiger partial charge in [-0.15, -0.1) is 0 Å². The molecule has 0 heterocycles. The maximum absolute atomic E-state index is 13.2. The van der Waals surface area contributed by atoms with E-state index >= 15 is 0 Å². The normalized spacial score (nSPS) is 12.5. The number of aromatic hydroxyl groups is 1. The number of phenolic OH excluding ortho intramolecular Hbond substituents is 1. The molecule has 14 heavy (non-hydrogen) atoms. The highest BCUT2D eigenvalue weighted by Crippen LogP contribution is 2.30. The minimum Gasteiger partial charge on any atom is -0.505 e. The van der Waals surface area contributed by atoms with E-state index in [9.17, 15) is 9.18 Å². The highest BCUT2D eigenvalue weighted by molar-refractivity contribution is 9.10. The maximum Gasteiger partial charge on any atom is 0.325 e. The number of phenols is 1. The van der Waals surface area contributed by atoms with Crippen LogP contribution in [0.3, 0.4) is 0 Å². The molecule has 0 aliphatic rings. The zero-order chi connectivity index (χ0) is 10.9. The number of rotatable bonds is 2. The number of carbonyl (C=O) groups is 1. The predicted octanol–water partition coefficient (Wildman–Crippen LogP) is 1.38. The summed E-state index contributed by atoms with van der Waals surface area (Å²) in [6.45, 7) is 0. The smallest absolute Gasteiger partial charge is 0.325 e. The SMILES string of the molecule is NC(C(=O)O)c1c(Br)ccc(O)c1F. The van der Waals surface area contributed by atoms with Gasteiger partial charge in [0.05, 0.1) is 0 Å². The molecule has 4 N–H and O–H groups in total. The Bertz CT molecular complexity index is 383. The van der Waals surface area contributed by atoms with E-state index in [0.29, 0.717) is 0 Å². The van der Waals surface area contributed by atoms with Crippen LogP contribution in [0.1, 0.15) is 11.6 Å². The third-order valence-corrected chi connectivity index (χ3v) is 2.37. The lowest BCUT2D eigenvalue weighted by molar-refractivity contribution is -0.138. The van der Waals surface area contributed by atoms with E-state index in [1.54, 1.807) is 0 Å². The fourth-order valence-corrected chi connectivity index (χ4v) is 1.52. The minimum atomic E-state index is -1.50. The van der Waals surface area contributed by atoms with Crippen LogP contribution in [0.25, 0.3) is 0 Å². The summed E-state index contributed by atoms with van der Waals surface area (Å²) in [6.07, 6.45) is 0. The van der Waals surface area contributed by atoms with E-state index in [-0.39, 0.29) is 10.0 Å². The summed E-state index contributed by atoms with van der Waals surface area (Å²) in [5.41, 5.74) is 4.96. The first kappa shape index (κ1) is 10.9. The Labute approximate surface area is 87.3 Å². The largest absolute Gasteiger partial charge is 0.505 e. The molecule has 0 fully saturated rings. The molecule has 4 nitrogen and oxygen atoms in total. The van der Waals surface area contributed by atoms with Crippen LogP contribution in [0.15, 0.2) is 16.6 Å². The molecule has 1 atom stereocenters. The van der Waals surface area contributed by atoms with Crippen LogP contribution < -0.4 is 5.73 Å². The topological polar surface area (TPSA) is 83.6 Å². The number of carboxylic acid groups (broad SMARTS) is 1. The Morgan fingerprint density at radius 3 is 2.64 bits per heavy atom. The molecule has 0 spiro atoms. The molecule has 0 aromatic heterocycles. The molecule has 0 aliphatic heterocycles. The van der Waals surface area contributed by atoms with Crippen molar-refractivity contribution < 1.29 is 19.4 Å². The van der Waals surface area contributed by atoms with Gasteiger partial charge in [-0.25, -0.2) is 4.39 Å². The average Bonchev–Trinajstić information content (AvgIpc) is 2.12. The number of aliphatic carboxylic acids is 1. The minimum absolute atomic E-state index is 0.211. The average molecular weight is 264 g/mol. The van der Waals surface area contributed by atoms with Crippen molar-refractivity contribution in [3.8, 4) is 5.75 Å². The third-order valence-electron chi connectivity index (χ3n) is 1.68. The van der Waals surface area contributed by atoms with Crippen LogP contribution in [-0.2, 0) is 4.79 Å². The predicted molar refractivity (Wildman–Crippen MR) is 50.3 cm³/mol. The van der Waals surface area contributed by atoms with E-state index in [2.05, 4.69) is 15.9 Å². The van der Waals surface area contributed by atoms with E-state index in [1.807, 2.05) is 0 Å². The number of hydrogen-bond donors (Lipinski definition) is 3. The summed E-state index contributed by atoms with van der Waals surface area (Å²) in [5, 5.41) is 17.6. The number of hydrogen-bond acceptors (Lipinski definition) is 3. The van der Waals surface area contributed by atoms with Crippen LogP contribution in [0.4, 0.5) is 4.39 Å². The molecule has 1 unspecified atom stereocenters. The Morgan fingerprint density at radius 1 is 1.57 bits per heavy atom. The number of carboxylic acids is 1. The zero-order valence-electron chi connectivity index (χ0n) is 6.87. The van der Waals surface area contributed by atoms with Crippen molar-refractivity contribution in [3.63, 3.8) is 0 Å². The molecule has 0 saturated carbocycles. The number of benzene rings is 1. The van der Waals surface area contributed by atoms with Gasteiger partial charge in [-0.05, 0) is 12.1 Å². The molecule has 0 amide bonds. The van der Waals surface area contributed by atoms with Crippen molar-refractivity contribution >= 4 is 21.9 Å². The summed E-state index contributed by atoms with van der Waals surface area (Å²) in [4.78, 5) is 10.5. The van der Waals surface area contributed by atoms with Crippen molar-refractivity contribution in [1.82, 2.24) is 0 Å². The van der Waals surface area contributed by atoms with Gasteiger partial charge in [-0.2, -0.15) is 0 Å². The fraction of sp³-hybridized carbons (Fsp3) is 0.125. The van der Waals surface area contributed by atoms with E-state index in [4.69, 9.17) is 15.9 Å². The van der Waals surface area contributed by atoms with E-state index in [0.717, 1.165) is 6.07 Å². The standard InChI is InChI=1S/C8H7BrFNO3/c9-3-1-2-4(12)6(10)5(3)7(11)8(13)14/h1-2,7,12H,11H2,(H,13,14). The molecule has 6 heteroatoms. The van der Waals surface area contributed by atoms with Gasteiger partial charge in [-0.1, -0.05) is 15.9 Å². The Morgan fingerprint density at radius 2 is 2.14 bits per heavy atom.